The smallest absolute Gasteiger partial charge is 0.0826 e. The molecule has 0 aromatic heterocycles. The summed E-state index contributed by atoms with van der Waals surface area (Å²) in [5.41, 5.74) is 0.417. The molecular weight excluding hydrogens is 214 g/mol. The molecule has 4 nitrogen and oxygen atoms in total. The molecule has 1 saturated heterocycles. The maximum atomic E-state index is 5.76. The summed E-state index contributed by atoms with van der Waals surface area (Å²) in [6.07, 6.45) is 4.41. The van der Waals surface area contributed by atoms with Crippen molar-refractivity contribution < 1.29 is 4.74 Å². The third-order valence-corrected chi connectivity index (χ3v) is 4.40. The zero-order chi connectivity index (χ0) is 12.3. The highest BCUT2D eigenvalue weighted by Crippen LogP contribution is 2.35. The van der Waals surface area contributed by atoms with Crippen molar-refractivity contribution in [1.82, 2.24) is 15.1 Å². The van der Waals surface area contributed by atoms with Crippen LogP contribution >= 0.6 is 0 Å². The Balaban J connectivity index is 1.68. The molecule has 4 heteroatoms. The van der Waals surface area contributed by atoms with Gasteiger partial charge < -0.3 is 19.9 Å². The van der Waals surface area contributed by atoms with Gasteiger partial charge in [-0.15, -0.1) is 0 Å². The monoisotopic (exact) mass is 241 g/mol. The highest BCUT2D eigenvalue weighted by atomic mass is 16.5. The molecule has 0 aromatic carbocycles. The van der Waals surface area contributed by atoms with Gasteiger partial charge in [-0.1, -0.05) is 0 Å². The van der Waals surface area contributed by atoms with E-state index in [1.807, 2.05) is 0 Å². The predicted molar refractivity (Wildman–Crippen MR) is 70.4 cm³/mol. The zero-order valence-corrected chi connectivity index (χ0v) is 11.5. The standard InChI is InChI=1S/C13H27N3O/c1-15(2)13(5-4-6-13)11-14-9-12-10-16(3)7-8-17-12/h12,14H,4-11H2,1-3H3. The van der Waals surface area contributed by atoms with Gasteiger partial charge in [0.25, 0.3) is 0 Å². The Morgan fingerprint density at radius 3 is 2.71 bits per heavy atom. The highest BCUT2D eigenvalue weighted by Gasteiger charge is 2.38. The number of nitrogens with zero attached hydrogens (tertiary/aromatic N) is 2. The minimum absolute atomic E-state index is 0.369. The minimum atomic E-state index is 0.369. The quantitative estimate of drug-likeness (QED) is 0.754. The molecule has 100 valence electrons. The number of rotatable bonds is 5. The Labute approximate surface area is 105 Å². The molecule has 0 bridgehead atoms. The van der Waals surface area contributed by atoms with Gasteiger partial charge in [0.05, 0.1) is 12.7 Å². The molecule has 1 aliphatic carbocycles. The van der Waals surface area contributed by atoms with Gasteiger partial charge >= 0.3 is 0 Å². The van der Waals surface area contributed by atoms with Crippen molar-refractivity contribution in [3.8, 4) is 0 Å². The maximum absolute atomic E-state index is 5.76. The van der Waals surface area contributed by atoms with E-state index in [9.17, 15) is 0 Å². The van der Waals surface area contributed by atoms with Crippen LogP contribution in [-0.2, 0) is 4.74 Å². The largest absolute Gasteiger partial charge is 0.374 e. The maximum Gasteiger partial charge on any atom is 0.0826 e. The second-order valence-corrected chi connectivity index (χ2v) is 5.86. The summed E-state index contributed by atoms with van der Waals surface area (Å²) in [6.45, 7) is 5.09. The van der Waals surface area contributed by atoms with Gasteiger partial charge in [0.15, 0.2) is 0 Å². The number of hydrogen-bond donors (Lipinski definition) is 1. The molecule has 1 unspecified atom stereocenters. The van der Waals surface area contributed by atoms with Gasteiger partial charge in [-0.25, -0.2) is 0 Å². The van der Waals surface area contributed by atoms with E-state index in [1.165, 1.54) is 19.3 Å². The average Bonchev–Trinajstić information content (AvgIpc) is 2.21. The van der Waals surface area contributed by atoms with Gasteiger partial charge in [0.1, 0.15) is 0 Å². The number of hydrogen-bond acceptors (Lipinski definition) is 4. The number of nitrogens with one attached hydrogen (secondary N) is 1. The first-order chi connectivity index (χ1) is 8.12. The molecule has 2 aliphatic rings. The Morgan fingerprint density at radius 2 is 2.18 bits per heavy atom. The van der Waals surface area contributed by atoms with E-state index in [0.717, 1.165) is 32.8 Å². The van der Waals surface area contributed by atoms with Crippen LogP contribution in [-0.4, -0.2) is 75.4 Å². The lowest BCUT2D eigenvalue weighted by Gasteiger charge is -2.47. The fourth-order valence-corrected chi connectivity index (χ4v) is 2.82. The van der Waals surface area contributed by atoms with Crippen molar-refractivity contribution >= 4 is 0 Å². The lowest BCUT2D eigenvalue weighted by atomic mass is 9.75. The SMILES string of the molecule is CN1CCOC(CNCC2(N(C)C)CCC2)C1. The van der Waals surface area contributed by atoms with E-state index in [4.69, 9.17) is 4.74 Å². The molecule has 2 fully saturated rings. The van der Waals surface area contributed by atoms with Crippen molar-refractivity contribution in [3.05, 3.63) is 0 Å². The molecule has 1 N–H and O–H groups in total. The van der Waals surface area contributed by atoms with Crippen LogP contribution in [0.3, 0.4) is 0 Å². The molecule has 0 aromatic rings. The molecular formula is C13H27N3O. The van der Waals surface area contributed by atoms with Crippen LogP contribution in [0.2, 0.25) is 0 Å². The van der Waals surface area contributed by atoms with Crippen molar-refractivity contribution in [2.24, 2.45) is 0 Å². The minimum Gasteiger partial charge on any atom is -0.374 e. The van der Waals surface area contributed by atoms with E-state index in [0.29, 0.717) is 11.6 Å². The van der Waals surface area contributed by atoms with E-state index in [1.54, 1.807) is 0 Å². The fourth-order valence-electron chi connectivity index (χ4n) is 2.82. The second kappa shape index (κ2) is 5.65. The normalized spacial score (nSPS) is 29.3. The molecule has 1 saturated carbocycles. The fraction of sp³-hybridized carbons (Fsp3) is 1.00. The van der Waals surface area contributed by atoms with Crippen molar-refractivity contribution in [2.45, 2.75) is 30.9 Å². The summed E-state index contributed by atoms with van der Waals surface area (Å²) in [7, 11) is 6.57. The van der Waals surface area contributed by atoms with Gasteiger partial charge in [-0.05, 0) is 40.4 Å². The highest BCUT2D eigenvalue weighted by molar-refractivity contribution is 4.97. The van der Waals surface area contributed by atoms with Crippen molar-refractivity contribution in [1.29, 1.82) is 0 Å². The van der Waals surface area contributed by atoms with Crippen LogP contribution in [0.5, 0.6) is 0 Å². The molecule has 2 rings (SSSR count). The van der Waals surface area contributed by atoms with Crippen molar-refractivity contribution in [3.63, 3.8) is 0 Å². The Morgan fingerprint density at radius 1 is 1.41 bits per heavy atom. The van der Waals surface area contributed by atoms with Crippen LogP contribution in [0.4, 0.5) is 0 Å². The van der Waals surface area contributed by atoms with Crippen LogP contribution in [0.1, 0.15) is 19.3 Å². The van der Waals surface area contributed by atoms with Gasteiger partial charge in [0, 0.05) is 31.7 Å². The second-order valence-electron chi connectivity index (χ2n) is 5.86. The molecule has 1 atom stereocenters. The summed E-state index contributed by atoms with van der Waals surface area (Å²) in [6, 6.07) is 0. The molecule has 0 amide bonds. The number of morpholine rings is 1. The van der Waals surface area contributed by atoms with Crippen LogP contribution in [0, 0.1) is 0 Å². The van der Waals surface area contributed by atoms with E-state index in [2.05, 4.69) is 36.3 Å². The first-order valence-corrected chi connectivity index (χ1v) is 6.81. The van der Waals surface area contributed by atoms with E-state index in [-0.39, 0.29) is 0 Å². The summed E-state index contributed by atoms with van der Waals surface area (Å²) in [5, 5.41) is 3.61. The van der Waals surface area contributed by atoms with Gasteiger partial charge in [-0.3, -0.25) is 0 Å². The zero-order valence-electron chi connectivity index (χ0n) is 11.5. The summed E-state index contributed by atoms with van der Waals surface area (Å²) in [4.78, 5) is 4.73. The van der Waals surface area contributed by atoms with Crippen LogP contribution in [0.25, 0.3) is 0 Å². The summed E-state index contributed by atoms with van der Waals surface area (Å²) < 4.78 is 5.76. The molecule has 0 spiro atoms. The molecule has 1 heterocycles. The number of likely N-dealkylation sites (N-methyl/N-ethyl adjacent to an activating group) is 2. The third-order valence-electron chi connectivity index (χ3n) is 4.40. The van der Waals surface area contributed by atoms with Gasteiger partial charge in [-0.2, -0.15) is 0 Å². The van der Waals surface area contributed by atoms with Crippen LogP contribution < -0.4 is 5.32 Å². The van der Waals surface area contributed by atoms with Gasteiger partial charge in [0.2, 0.25) is 0 Å². The number of ether oxygens (including phenoxy) is 1. The van der Waals surface area contributed by atoms with Crippen molar-refractivity contribution in [2.75, 3.05) is 53.9 Å². The predicted octanol–water partition coefficient (Wildman–Crippen LogP) is 0.391. The lowest BCUT2D eigenvalue weighted by Crippen LogP contribution is -2.57. The Hall–Kier alpha value is -0.160. The van der Waals surface area contributed by atoms with Crippen LogP contribution in [0.15, 0.2) is 0 Å². The molecule has 1 aliphatic heterocycles. The first-order valence-electron chi connectivity index (χ1n) is 6.81. The van der Waals surface area contributed by atoms with E-state index < -0.39 is 0 Å². The summed E-state index contributed by atoms with van der Waals surface area (Å²) in [5.74, 6) is 0. The third kappa shape index (κ3) is 3.19. The average molecular weight is 241 g/mol. The Kier molecular flexibility index (Phi) is 4.42. The lowest BCUT2D eigenvalue weighted by molar-refractivity contribution is -0.0217. The molecule has 17 heavy (non-hydrogen) atoms. The first kappa shape index (κ1) is 13.3. The summed E-state index contributed by atoms with van der Waals surface area (Å²) >= 11 is 0. The topological polar surface area (TPSA) is 27.7 Å². The molecule has 0 radical (unpaired) electrons. The van der Waals surface area contributed by atoms with E-state index >= 15 is 0 Å². The Bertz CT molecular complexity index is 241.